The molecule has 0 heterocycles. The number of nitrogens with two attached hydrogens (primary N) is 1. The van der Waals surface area contributed by atoms with Crippen LogP contribution in [0.2, 0.25) is 0 Å². The van der Waals surface area contributed by atoms with E-state index in [9.17, 15) is 4.79 Å². The minimum absolute atomic E-state index is 0.0000945. The lowest BCUT2D eigenvalue weighted by molar-refractivity contribution is -0.132. The van der Waals surface area contributed by atoms with Crippen LogP contribution in [0.4, 0.5) is 0 Å². The molecule has 1 rings (SSSR count). The number of rotatable bonds is 4. The van der Waals surface area contributed by atoms with Gasteiger partial charge in [-0.2, -0.15) is 0 Å². The first-order valence-electron chi connectivity index (χ1n) is 7.23. The second-order valence-electron chi connectivity index (χ2n) is 6.91. The lowest BCUT2D eigenvalue weighted by Gasteiger charge is -2.24. The zero-order chi connectivity index (χ0) is 15.5. The SMILES string of the molecule is CC(C)C(N)C(=O)N(C)Cc1ccc(C(C)(C)C)cc1. The number of benzene rings is 1. The Bertz CT molecular complexity index is 443. The molecule has 0 radical (unpaired) electrons. The predicted molar refractivity (Wildman–Crippen MR) is 84.4 cm³/mol. The molecule has 0 spiro atoms. The summed E-state index contributed by atoms with van der Waals surface area (Å²) in [6, 6.07) is 8.02. The topological polar surface area (TPSA) is 46.3 Å². The summed E-state index contributed by atoms with van der Waals surface area (Å²) in [6.07, 6.45) is 0. The van der Waals surface area contributed by atoms with Crippen LogP contribution in [0.3, 0.4) is 0 Å². The standard InChI is InChI=1S/C17H28N2O/c1-12(2)15(18)16(20)19(6)11-13-7-9-14(10-8-13)17(3,4)5/h7-10,12,15H,11,18H2,1-6H3. The van der Waals surface area contributed by atoms with Gasteiger partial charge < -0.3 is 10.6 Å². The molecule has 1 unspecified atom stereocenters. The highest BCUT2D eigenvalue weighted by molar-refractivity contribution is 5.81. The number of hydrogen-bond donors (Lipinski definition) is 1. The van der Waals surface area contributed by atoms with Crippen LogP contribution in [0.5, 0.6) is 0 Å². The Balaban J connectivity index is 2.72. The zero-order valence-corrected chi connectivity index (χ0v) is 13.6. The Labute approximate surface area is 123 Å². The van der Waals surface area contributed by atoms with E-state index in [0.717, 1.165) is 5.56 Å². The Morgan fingerprint density at radius 2 is 1.70 bits per heavy atom. The molecule has 0 aliphatic rings. The van der Waals surface area contributed by atoms with Gasteiger partial charge in [0.2, 0.25) is 5.91 Å². The number of amides is 1. The average Bonchev–Trinajstić information content (AvgIpc) is 2.36. The van der Waals surface area contributed by atoms with E-state index in [1.807, 2.05) is 20.9 Å². The highest BCUT2D eigenvalue weighted by Gasteiger charge is 2.21. The van der Waals surface area contributed by atoms with E-state index < -0.39 is 6.04 Å². The van der Waals surface area contributed by atoms with Crippen LogP contribution in [0, 0.1) is 5.92 Å². The van der Waals surface area contributed by atoms with Gasteiger partial charge in [-0.25, -0.2) is 0 Å². The van der Waals surface area contributed by atoms with Crippen molar-refractivity contribution in [3.05, 3.63) is 35.4 Å². The summed E-state index contributed by atoms with van der Waals surface area (Å²) in [5.74, 6) is 0.160. The van der Waals surface area contributed by atoms with Crippen molar-refractivity contribution in [2.24, 2.45) is 11.7 Å². The van der Waals surface area contributed by atoms with Gasteiger partial charge in [0.05, 0.1) is 6.04 Å². The highest BCUT2D eigenvalue weighted by atomic mass is 16.2. The van der Waals surface area contributed by atoms with Crippen molar-refractivity contribution >= 4 is 5.91 Å². The van der Waals surface area contributed by atoms with E-state index in [1.54, 1.807) is 4.90 Å². The number of carbonyl (C=O) groups is 1. The van der Waals surface area contributed by atoms with Crippen molar-refractivity contribution in [1.29, 1.82) is 0 Å². The molecular formula is C17H28N2O. The maximum atomic E-state index is 12.1. The smallest absolute Gasteiger partial charge is 0.239 e. The number of carbonyl (C=O) groups excluding carboxylic acids is 1. The fourth-order valence-corrected chi connectivity index (χ4v) is 2.00. The fourth-order valence-electron chi connectivity index (χ4n) is 2.00. The summed E-state index contributed by atoms with van der Waals surface area (Å²) < 4.78 is 0. The minimum atomic E-state index is -0.422. The van der Waals surface area contributed by atoms with Crippen LogP contribution >= 0.6 is 0 Å². The van der Waals surface area contributed by atoms with Crippen LogP contribution in [-0.2, 0) is 16.8 Å². The van der Waals surface area contributed by atoms with Gasteiger partial charge in [0, 0.05) is 13.6 Å². The van der Waals surface area contributed by atoms with Gasteiger partial charge in [-0.05, 0) is 22.5 Å². The van der Waals surface area contributed by atoms with E-state index >= 15 is 0 Å². The minimum Gasteiger partial charge on any atom is -0.340 e. The molecule has 3 heteroatoms. The molecular weight excluding hydrogens is 248 g/mol. The van der Waals surface area contributed by atoms with Crippen LogP contribution in [0.1, 0.15) is 45.7 Å². The lowest BCUT2D eigenvalue weighted by Crippen LogP contribution is -2.44. The Kier molecular flexibility index (Phi) is 5.35. The molecule has 0 aliphatic carbocycles. The van der Waals surface area contributed by atoms with E-state index in [2.05, 4.69) is 45.0 Å². The maximum absolute atomic E-state index is 12.1. The highest BCUT2D eigenvalue weighted by Crippen LogP contribution is 2.22. The van der Waals surface area contributed by atoms with Gasteiger partial charge in [-0.15, -0.1) is 0 Å². The van der Waals surface area contributed by atoms with Gasteiger partial charge in [-0.1, -0.05) is 58.9 Å². The molecule has 1 aromatic rings. The summed E-state index contributed by atoms with van der Waals surface area (Å²) in [5, 5.41) is 0. The Morgan fingerprint density at radius 1 is 1.20 bits per heavy atom. The van der Waals surface area contributed by atoms with Crippen molar-refractivity contribution < 1.29 is 4.79 Å². The van der Waals surface area contributed by atoms with Crippen molar-refractivity contribution in [3.8, 4) is 0 Å². The van der Waals surface area contributed by atoms with Crippen LogP contribution in [0.25, 0.3) is 0 Å². The third kappa shape index (κ3) is 4.34. The quantitative estimate of drug-likeness (QED) is 0.919. The van der Waals surface area contributed by atoms with E-state index in [-0.39, 0.29) is 17.2 Å². The molecule has 112 valence electrons. The summed E-state index contributed by atoms with van der Waals surface area (Å²) in [7, 11) is 1.81. The van der Waals surface area contributed by atoms with Crippen molar-refractivity contribution in [2.45, 2.75) is 52.6 Å². The normalized spacial score (nSPS) is 13.4. The molecule has 0 saturated heterocycles. The molecule has 0 saturated carbocycles. The van der Waals surface area contributed by atoms with Crippen LogP contribution in [-0.4, -0.2) is 23.9 Å². The molecule has 1 amide bonds. The summed E-state index contributed by atoms with van der Waals surface area (Å²) in [5.41, 5.74) is 8.49. The van der Waals surface area contributed by atoms with Crippen molar-refractivity contribution in [2.75, 3.05) is 7.05 Å². The van der Waals surface area contributed by atoms with Crippen LogP contribution in [0.15, 0.2) is 24.3 Å². The summed E-state index contributed by atoms with van der Waals surface area (Å²) in [4.78, 5) is 13.8. The number of likely N-dealkylation sites (N-methyl/N-ethyl adjacent to an activating group) is 1. The van der Waals surface area contributed by atoms with E-state index in [0.29, 0.717) is 6.54 Å². The average molecular weight is 276 g/mol. The molecule has 2 N–H and O–H groups in total. The Morgan fingerprint density at radius 3 is 2.10 bits per heavy atom. The number of nitrogens with zero attached hydrogens (tertiary/aromatic N) is 1. The van der Waals surface area contributed by atoms with Crippen LogP contribution < -0.4 is 5.73 Å². The molecule has 1 aromatic carbocycles. The lowest BCUT2D eigenvalue weighted by atomic mass is 9.87. The molecule has 0 bridgehead atoms. The van der Waals surface area contributed by atoms with Gasteiger partial charge in [0.15, 0.2) is 0 Å². The Hall–Kier alpha value is -1.35. The van der Waals surface area contributed by atoms with E-state index in [4.69, 9.17) is 5.73 Å². The van der Waals surface area contributed by atoms with Gasteiger partial charge in [0.25, 0.3) is 0 Å². The first-order valence-corrected chi connectivity index (χ1v) is 7.23. The van der Waals surface area contributed by atoms with Gasteiger partial charge in [0.1, 0.15) is 0 Å². The third-order valence-electron chi connectivity index (χ3n) is 3.62. The molecule has 20 heavy (non-hydrogen) atoms. The molecule has 0 fully saturated rings. The number of hydrogen-bond acceptors (Lipinski definition) is 2. The second kappa shape index (κ2) is 6.40. The largest absolute Gasteiger partial charge is 0.340 e. The first-order chi connectivity index (χ1) is 9.12. The molecule has 0 aliphatic heterocycles. The fraction of sp³-hybridized carbons (Fsp3) is 0.588. The predicted octanol–water partition coefficient (Wildman–Crippen LogP) is 2.93. The van der Waals surface area contributed by atoms with E-state index in [1.165, 1.54) is 5.56 Å². The molecule has 3 nitrogen and oxygen atoms in total. The zero-order valence-electron chi connectivity index (χ0n) is 13.6. The third-order valence-corrected chi connectivity index (χ3v) is 3.62. The first kappa shape index (κ1) is 16.7. The summed E-state index contributed by atoms with van der Waals surface area (Å²) in [6.45, 7) is 11.1. The van der Waals surface area contributed by atoms with Gasteiger partial charge in [-0.3, -0.25) is 4.79 Å². The van der Waals surface area contributed by atoms with Crippen molar-refractivity contribution in [1.82, 2.24) is 4.90 Å². The van der Waals surface area contributed by atoms with Gasteiger partial charge >= 0.3 is 0 Å². The molecule has 0 aromatic heterocycles. The molecule has 1 atom stereocenters. The second-order valence-corrected chi connectivity index (χ2v) is 6.91. The monoisotopic (exact) mass is 276 g/mol. The maximum Gasteiger partial charge on any atom is 0.239 e. The summed E-state index contributed by atoms with van der Waals surface area (Å²) >= 11 is 0. The van der Waals surface area contributed by atoms with Crippen molar-refractivity contribution in [3.63, 3.8) is 0 Å².